The maximum atomic E-state index is 13.1. The lowest BCUT2D eigenvalue weighted by atomic mass is 9.72. The molecule has 2 heterocycles. The van der Waals surface area contributed by atoms with E-state index in [0.29, 0.717) is 10.7 Å². The van der Waals surface area contributed by atoms with Crippen LogP contribution in [0.3, 0.4) is 0 Å². The molecule has 1 aromatic heterocycles. The molecule has 2 rings (SSSR count). The Bertz CT molecular complexity index is 458. The van der Waals surface area contributed by atoms with E-state index in [2.05, 4.69) is 24.3 Å². The highest BCUT2D eigenvalue weighted by Crippen LogP contribution is 2.37. The van der Waals surface area contributed by atoms with E-state index in [-0.39, 0.29) is 11.2 Å². The molecule has 20 heavy (non-hydrogen) atoms. The molecule has 1 aliphatic heterocycles. The average molecular weight is 298 g/mol. The van der Waals surface area contributed by atoms with Gasteiger partial charge in [-0.3, -0.25) is 9.48 Å². The predicted octanol–water partition coefficient (Wildman–Crippen LogP) is 3.30. The number of nitrogens with one attached hydrogen (secondary N) is 1. The molecule has 1 saturated heterocycles. The number of halogens is 1. The Balaban J connectivity index is 2.34. The first-order valence-electron chi connectivity index (χ1n) is 7.61. The van der Waals surface area contributed by atoms with Crippen LogP contribution in [0.15, 0.2) is 6.20 Å². The van der Waals surface area contributed by atoms with E-state index in [0.717, 1.165) is 51.7 Å². The summed E-state index contributed by atoms with van der Waals surface area (Å²) in [6.07, 6.45) is 6.45. The summed E-state index contributed by atoms with van der Waals surface area (Å²) in [6, 6.07) is 0. The van der Waals surface area contributed by atoms with Gasteiger partial charge >= 0.3 is 0 Å². The zero-order valence-corrected chi connectivity index (χ0v) is 13.2. The molecule has 112 valence electrons. The molecule has 0 amide bonds. The second-order valence-corrected chi connectivity index (χ2v) is 6.11. The van der Waals surface area contributed by atoms with E-state index in [4.69, 9.17) is 11.6 Å². The van der Waals surface area contributed by atoms with Crippen LogP contribution in [-0.2, 0) is 6.54 Å². The summed E-state index contributed by atoms with van der Waals surface area (Å²) in [4.78, 5) is 13.1. The van der Waals surface area contributed by atoms with Crippen molar-refractivity contribution < 1.29 is 4.79 Å². The lowest BCUT2D eigenvalue weighted by molar-refractivity contribution is 0.0705. The summed E-state index contributed by atoms with van der Waals surface area (Å²) in [7, 11) is 0. The highest BCUT2D eigenvalue weighted by atomic mass is 35.5. The van der Waals surface area contributed by atoms with Crippen LogP contribution in [0.1, 0.15) is 56.4 Å². The van der Waals surface area contributed by atoms with Gasteiger partial charge in [-0.15, -0.1) is 0 Å². The van der Waals surface area contributed by atoms with Gasteiger partial charge < -0.3 is 5.32 Å². The molecule has 0 saturated carbocycles. The lowest BCUT2D eigenvalue weighted by Crippen LogP contribution is -2.46. The summed E-state index contributed by atoms with van der Waals surface area (Å²) in [5.41, 5.74) is 0.299. The van der Waals surface area contributed by atoms with Crippen LogP contribution in [0.5, 0.6) is 0 Å². The van der Waals surface area contributed by atoms with Gasteiger partial charge in [0.1, 0.15) is 5.69 Å². The van der Waals surface area contributed by atoms with E-state index < -0.39 is 0 Å². The van der Waals surface area contributed by atoms with E-state index in [1.54, 1.807) is 10.9 Å². The van der Waals surface area contributed by atoms with Crippen LogP contribution in [0.25, 0.3) is 0 Å². The molecule has 1 atom stereocenters. The van der Waals surface area contributed by atoms with Gasteiger partial charge in [0.05, 0.1) is 11.2 Å². The molecule has 5 heteroatoms. The third kappa shape index (κ3) is 2.91. The van der Waals surface area contributed by atoms with Gasteiger partial charge in [-0.1, -0.05) is 31.9 Å². The molecule has 1 aliphatic rings. The normalized spacial score (nSPS) is 22.9. The van der Waals surface area contributed by atoms with Crippen LogP contribution in [0.4, 0.5) is 0 Å². The number of aryl methyl sites for hydroxylation is 1. The van der Waals surface area contributed by atoms with Crippen molar-refractivity contribution in [1.82, 2.24) is 15.1 Å². The van der Waals surface area contributed by atoms with Gasteiger partial charge in [-0.2, -0.15) is 5.10 Å². The van der Waals surface area contributed by atoms with Crippen LogP contribution < -0.4 is 5.32 Å². The zero-order chi connectivity index (χ0) is 14.6. The number of aromatic nitrogens is 2. The molecule has 1 aromatic rings. The highest BCUT2D eigenvalue weighted by molar-refractivity contribution is 6.33. The number of rotatable bonds is 6. The van der Waals surface area contributed by atoms with Crippen LogP contribution >= 0.6 is 11.6 Å². The average Bonchev–Trinajstić information content (AvgIpc) is 2.81. The van der Waals surface area contributed by atoms with Gasteiger partial charge in [-0.05, 0) is 32.2 Å². The summed E-state index contributed by atoms with van der Waals surface area (Å²) in [5.74, 6) is 0.169. The van der Waals surface area contributed by atoms with Crippen LogP contribution in [0.2, 0.25) is 5.02 Å². The largest absolute Gasteiger partial charge is 0.316 e. The van der Waals surface area contributed by atoms with Gasteiger partial charge in [0, 0.05) is 18.5 Å². The van der Waals surface area contributed by atoms with Crippen molar-refractivity contribution >= 4 is 17.4 Å². The Labute approximate surface area is 125 Å². The molecule has 0 aromatic carbocycles. The van der Waals surface area contributed by atoms with E-state index >= 15 is 0 Å². The number of ketones is 1. The monoisotopic (exact) mass is 297 g/mol. The van der Waals surface area contributed by atoms with E-state index in [9.17, 15) is 4.79 Å². The SMILES string of the molecule is CCCn1ncc(Cl)c1C(=O)C1(CCC)CCCNC1. The maximum Gasteiger partial charge on any atom is 0.189 e. The minimum atomic E-state index is -0.303. The number of Topliss-reactive ketones (excluding diaryl/α,β-unsaturated/α-hetero) is 1. The molecular weight excluding hydrogens is 274 g/mol. The fraction of sp³-hybridized carbons (Fsp3) is 0.733. The van der Waals surface area contributed by atoms with E-state index in [1.807, 2.05) is 0 Å². The number of hydrogen-bond donors (Lipinski definition) is 1. The number of carbonyl (C=O) groups excluding carboxylic acids is 1. The number of hydrogen-bond acceptors (Lipinski definition) is 3. The lowest BCUT2D eigenvalue weighted by Gasteiger charge is -2.36. The van der Waals surface area contributed by atoms with Gasteiger partial charge in [0.25, 0.3) is 0 Å². The highest BCUT2D eigenvalue weighted by Gasteiger charge is 2.41. The Kier molecular flexibility index (Phi) is 5.22. The standard InChI is InChI=1S/C15H24ClN3O/c1-3-6-15(7-5-8-17-11-15)14(20)13-12(16)10-18-19(13)9-4-2/h10,17H,3-9,11H2,1-2H3. The number of carbonyl (C=O) groups is 1. The Hall–Kier alpha value is -0.870. The Morgan fingerprint density at radius 3 is 2.90 bits per heavy atom. The van der Waals surface area contributed by atoms with Crippen molar-refractivity contribution in [3.8, 4) is 0 Å². The van der Waals surface area contributed by atoms with Crippen molar-refractivity contribution in [1.29, 1.82) is 0 Å². The molecule has 0 bridgehead atoms. The van der Waals surface area contributed by atoms with Crippen molar-refractivity contribution in [3.63, 3.8) is 0 Å². The van der Waals surface area contributed by atoms with Gasteiger partial charge in [0.15, 0.2) is 5.78 Å². The fourth-order valence-corrected chi connectivity index (χ4v) is 3.41. The molecule has 1 unspecified atom stereocenters. The van der Waals surface area contributed by atoms with Gasteiger partial charge in [0.2, 0.25) is 0 Å². The molecule has 0 aliphatic carbocycles. The fourth-order valence-electron chi connectivity index (χ4n) is 3.19. The van der Waals surface area contributed by atoms with Gasteiger partial charge in [-0.25, -0.2) is 0 Å². The topological polar surface area (TPSA) is 46.9 Å². The first-order valence-corrected chi connectivity index (χ1v) is 7.99. The molecular formula is C15H24ClN3O. The van der Waals surface area contributed by atoms with Crippen molar-refractivity contribution in [2.75, 3.05) is 13.1 Å². The summed E-state index contributed by atoms with van der Waals surface area (Å²) >= 11 is 6.23. The zero-order valence-electron chi connectivity index (χ0n) is 12.4. The first-order chi connectivity index (χ1) is 9.64. The maximum absolute atomic E-state index is 13.1. The summed E-state index contributed by atoms with van der Waals surface area (Å²) < 4.78 is 1.77. The van der Waals surface area contributed by atoms with E-state index in [1.165, 1.54) is 0 Å². The predicted molar refractivity (Wildman–Crippen MR) is 81.3 cm³/mol. The van der Waals surface area contributed by atoms with Crippen LogP contribution in [-0.4, -0.2) is 28.7 Å². The van der Waals surface area contributed by atoms with Crippen LogP contribution in [0, 0.1) is 5.41 Å². The molecule has 4 nitrogen and oxygen atoms in total. The quantitative estimate of drug-likeness (QED) is 0.820. The molecule has 1 fully saturated rings. The first kappa shape index (κ1) is 15.5. The number of nitrogens with zero attached hydrogens (tertiary/aromatic N) is 2. The molecule has 1 N–H and O–H groups in total. The van der Waals surface area contributed by atoms with Crippen molar-refractivity contribution in [3.05, 3.63) is 16.9 Å². The Morgan fingerprint density at radius 2 is 2.30 bits per heavy atom. The number of piperidine rings is 1. The minimum Gasteiger partial charge on any atom is -0.316 e. The molecule has 0 spiro atoms. The van der Waals surface area contributed by atoms with Crippen molar-refractivity contribution in [2.24, 2.45) is 5.41 Å². The summed E-state index contributed by atoms with van der Waals surface area (Å²) in [6.45, 7) is 6.71. The minimum absolute atomic E-state index is 0.169. The Morgan fingerprint density at radius 1 is 1.50 bits per heavy atom. The molecule has 0 radical (unpaired) electrons. The second kappa shape index (κ2) is 6.72. The second-order valence-electron chi connectivity index (χ2n) is 5.70. The third-order valence-electron chi connectivity index (χ3n) is 4.13. The smallest absolute Gasteiger partial charge is 0.189 e. The third-order valence-corrected chi connectivity index (χ3v) is 4.40. The summed E-state index contributed by atoms with van der Waals surface area (Å²) in [5, 5.41) is 8.13. The van der Waals surface area contributed by atoms with Crippen molar-refractivity contribution in [2.45, 2.75) is 52.5 Å².